The van der Waals surface area contributed by atoms with Crippen LogP contribution >= 0.6 is 0 Å². The van der Waals surface area contributed by atoms with E-state index in [0.29, 0.717) is 36.4 Å². The first-order valence-electron chi connectivity index (χ1n) is 17.2. The van der Waals surface area contributed by atoms with E-state index in [9.17, 15) is 14.4 Å². The molecule has 1 amide bonds. The molecule has 3 heterocycles. The summed E-state index contributed by atoms with van der Waals surface area (Å²) in [5.74, 6) is 0.0668. The van der Waals surface area contributed by atoms with Crippen molar-refractivity contribution in [3.8, 4) is 28.6 Å². The number of unbranched alkanes of at least 4 members (excludes halogenated alkanes) is 4. The minimum atomic E-state index is -0.527. The van der Waals surface area contributed by atoms with E-state index < -0.39 is 11.9 Å². The van der Waals surface area contributed by atoms with Gasteiger partial charge in [-0.3, -0.25) is 18.7 Å². The maximum Gasteiger partial charge on any atom is 0.330 e. The molecule has 5 rings (SSSR count). The molecule has 4 aromatic rings. The van der Waals surface area contributed by atoms with Crippen LogP contribution in [0.4, 0.5) is 5.69 Å². The van der Waals surface area contributed by atoms with Gasteiger partial charge in [0.2, 0.25) is 0 Å². The van der Waals surface area contributed by atoms with Crippen LogP contribution in [-0.4, -0.2) is 56.8 Å². The predicted molar refractivity (Wildman–Crippen MR) is 189 cm³/mol. The maximum atomic E-state index is 14.2. The third-order valence-electron chi connectivity index (χ3n) is 8.97. The molecule has 13 nitrogen and oxygen atoms in total. The summed E-state index contributed by atoms with van der Waals surface area (Å²) in [4.78, 5) is 45.1. The van der Waals surface area contributed by atoms with Gasteiger partial charge in [-0.1, -0.05) is 60.6 Å². The first-order chi connectivity index (χ1) is 24.1. The second-order valence-corrected chi connectivity index (χ2v) is 12.7. The molecule has 0 aliphatic carbocycles. The van der Waals surface area contributed by atoms with Crippen LogP contribution in [0.25, 0.3) is 11.3 Å². The van der Waals surface area contributed by atoms with Crippen molar-refractivity contribution in [3.05, 3.63) is 74.3 Å². The van der Waals surface area contributed by atoms with Gasteiger partial charge in [0.1, 0.15) is 5.49 Å². The molecule has 0 fully saturated rings. The largest absolute Gasteiger partial charge is 0.493 e. The summed E-state index contributed by atoms with van der Waals surface area (Å²) < 4.78 is 21.1. The molecule has 50 heavy (non-hydrogen) atoms. The van der Waals surface area contributed by atoms with Gasteiger partial charge in [0.15, 0.2) is 17.2 Å². The van der Waals surface area contributed by atoms with E-state index in [2.05, 4.69) is 34.7 Å². The Bertz CT molecular complexity index is 2000. The standard InChI is InChI=1S/C37H47N7O6/c1-8-9-10-11-12-13-32(45)50-36-34(42(5)41-40-36)35(46)38-15-17-44-31(39-33-24(3)18-23(2)19-25(33)4)22-28-27-21-30(49-7)29(48-6)20-26(27)14-16-43(28)37(44)47/h18-22H,8-17H2,1-7H3,(H,38,46). The summed E-state index contributed by atoms with van der Waals surface area (Å²) in [5.41, 5.74) is 6.71. The van der Waals surface area contributed by atoms with Crippen molar-refractivity contribution < 1.29 is 23.8 Å². The second-order valence-electron chi connectivity index (χ2n) is 12.7. The van der Waals surface area contributed by atoms with E-state index in [4.69, 9.17) is 19.2 Å². The van der Waals surface area contributed by atoms with E-state index in [1.54, 1.807) is 30.4 Å². The highest BCUT2D eigenvalue weighted by Crippen LogP contribution is 2.37. The van der Waals surface area contributed by atoms with Crippen LogP contribution in [0.2, 0.25) is 0 Å². The fourth-order valence-corrected chi connectivity index (χ4v) is 6.48. The number of nitrogens with zero attached hydrogens (tertiary/aromatic N) is 6. The van der Waals surface area contributed by atoms with E-state index in [1.165, 1.54) is 4.68 Å². The molecule has 266 valence electrons. The number of nitrogens with one attached hydrogen (secondary N) is 1. The first kappa shape index (κ1) is 36.1. The number of hydrogen-bond donors (Lipinski definition) is 1. The molecule has 2 aromatic carbocycles. The Hall–Kier alpha value is -5.20. The Kier molecular flexibility index (Phi) is 11.6. The fraction of sp³-hybridized carbons (Fsp3) is 0.459. The quantitative estimate of drug-likeness (QED) is 0.146. The van der Waals surface area contributed by atoms with Gasteiger partial charge in [0.05, 0.1) is 25.6 Å². The number of rotatable bonds is 14. The van der Waals surface area contributed by atoms with Crippen LogP contribution in [0.15, 0.2) is 40.1 Å². The Labute approximate surface area is 291 Å². The molecule has 1 N–H and O–H groups in total. The maximum absolute atomic E-state index is 14.2. The number of aryl methyl sites for hydroxylation is 5. The van der Waals surface area contributed by atoms with E-state index in [1.807, 2.05) is 39.0 Å². The van der Waals surface area contributed by atoms with Crippen LogP contribution < -0.4 is 30.7 Å². The number of carbonyl (C=O) groups is 2. The highest BCUT2D eigenvalue weighted by molar-refractivity contribution is 5.95. The van der Waals surface area contributed by atoms with Crippen molar-refractivity contribution in [1.82, 2.24) is 29.4 Å². The Balaban J connectivity index is 1.45. The van der Waals surface area contributed by atoms with Crippen LogP contribution in [-0.2, 0) is 31.4 Å². The van der Waals surface area contributed by atoms with Crippen molar-refractivity contribution in [2.45, 2.75) is 85.7 Å². The predicted octanol–water partition coefficient (Wildman–Crippen LogP) is 4.87. The average molecular weight is 686 g/mol. The zero-order valence-electron chi connectivity index (χ0n) is 30.1. The van der Waals surface area contributed by atoms with E-state index in [-0.39, 0.29) is 36.8 Å². The summed E-state index contributed by atoms with van der Waals surface area (Å²) in [7, 11) is 4.74. The molecule has 0 unspecified atom stereocenters. The molecule has 1 aliphatic rings. The minimum absolute atomic E-state index is 0.0216. The van der Waals surface area contributed by atoms with E-state index in [0.717, 1.165) is 64.9 Å². The van der Waals surface area contributed by atoms with Gasteiger partial charge in [-0.2, -0.15) is 0 Å². The Morgan fingerprint density at radius 1 is 0.960 bits per heavy atom. The second kappa shape index (κ2) is 16.0. The molecule has 13 heteroatoms. The Morgan fingerprint density at radius 3 is 2.36 bits per heavy atom. The van der Waals surface area contributed by atoms with Gasteiger partial charge in [0.25, 0.3) is 11.8 Å². The van der Waals surface area contributed by atoms with Gasteiger partial charge < -0.3 is 19.5 Å². The number of carbonyl (C=O) groups excluding carboxylic acids is 2. The lowest BCUT2D eigenvalue weighted by atomic mass is 9.97. The zero-order valence-corrected chi connectivity index (χ0v) is 30.1. The minimum Gasteiger partial charge on any atom is -0.493 e. The SMILES string of the molecule is CCCCCCCC(=O)Oc1nnn(C)c1C(=O)NCCn1c(=Nc2c(C)cc(C)cc2C)cc2n(c1=O)CCc1cc(OC)c(OC)cc1-2. The summed E-state index contributed by atoms with van der Waals surface area (Å²) in [5, 5.41) is 10.7. The number of esters is 1. The van der Waals surface area contributed by atoms with Crippen molar-refractivity contribution in [3.63, 3.8) is 0 Å². The van der Waals surface area contributed by atoms with Gasteiger partial charge in [-0.15, -0.1) is 0 Å². The normalized spacial score (nSPS) is 12.3. The summed E-state index contributed by atoms with van der Waals surface area (Å²) >= 11 is 0. The first-order valence-corrected chi connectivity index (χ1v) is 17.2. The van der Waals surface area contributed by atoms with Crippen molar-refractivity contribution in [2.24, 2.45) is 12.0 Å². The van der Waals surface area contributed by atoms with Crippen LogP contribution in [0, 0.1) is 20.8 Å². The van der Waals surface area contributed by atoms with Gasteiger partial charge in [-0.05, 0) is 62.4 Å². The number of hydrogen-bond acceptors (Lipinski definition) is 9. The number of methoxy groups -OCH3 is 2. The number of fused-ring (bicyclic) bond motifs is 3. The summed E-state index contributed by atoms with van der Waals surface area (Å²) in [6.45, 7) is 8.85. The topological polar surface area (TPSA) is 144 Å². The molecular formula is C37H47N7O6. The van der Waals surface area contributed by atoms with Crippen molar-refractivity contribution in [2.75, 3.05) is 20.8 Å². The Morgan fingerprint density at radius 2 is 1.66 bits per heavy atom. The lowest BCUT2D eigenvalue weighted by Gasteiger charge is -2.24. The number of benzene rings is 2. The molecule has 0 saturated heterocycles. The lowest BCUT2D eigenvalue weighted by Crippen LogP contribution is -2.44. The molecule has 2 aromatic heterocycles. The molecule has 1 aliphatic heterocycles. The summed E-state index contributed by atoms with van der Waals surface area (Å²) in [6, 6.07) is 9.89. The monoisotopic (exact) mass is 685 g/mol. The smallest absolute Gasteiger partial charge is 0.330 e. The highest BCUT2D eigenvalue weighted by Gasteiger charge is 2.24. The third kappa shape index (κ3) is 7.82. The molecule has 0 radical (unpaired) electrons. The molecule has 0 atom stereocenters. The lowest BCUT2D eigenvalue weighted by molar-refractivity contribution is -0.134. The van der Waals surface area contributed by atoms with Gasteiger partial charge in [-0.25, -0.2) is 14.5 Å². The number of ether oxygens (including phenoxy) is 3. The van der Waals surface area contributed by atoms with Gasteiger partial charge >= 0.3 is 11.7 Å². The molecule has 0 spiro atoms. The average Bonchev–Trinajstić information content (AvgIpc) is 3.45. The molecule has 0 saturated carbocycles. The van der Waals surface area contributed by atoms with Crippen LogP contribution in [0.3, 0.4) is 0 Å². The fourth-order valence-electron chi connectivity index (χ4n) is 6.48. The van der Waals surface area contributed by atoms with Gasteiger partial charge in [0, 0.05) is 44.7 Å². The zero-order chi connectivity index (χ0) is 35.9. The number of aromatic nitrogens is 5. The molecule has 0 bridgehead atoms. The van der Waals surface area contributed by atoms with Crippen molar-refractivity contribution in [1.29, 1.82) is 0 Å². The van der Waals surface area contributed by atoms with Crippen molar-refractivity contribution >= 4 is 17.6 Å². The van der Waals surface area contributed by atoms with Crippen LogP contribution in [0.1, 0.15) is 78.2 Å². The summed E-state index contributed by atoms with van der Waals surface area (Å²) in [6.07, 6.45) is 5.80. The van der Waals surface area contributed by atoms with Crippen LogP contribution in [0.5, 0.6) is 17.4 Å². The number of amides is 1. The molecular weight excluding hydrogens is 638 g/mol. The highest BCUT2D eigenvalue weighted by atomic mass is 16.5. The van der Waals surface area contributed by atoms with E-state index >= 15 is 0 Å². The third-order valence-corrected chi connectivity index (χ3v) is 8.97.